The van der Waals surface area contributed by atoms with E-state index >= 15 is 0 Å². The molecule has 0 radical (unpaired) electrons. The largest absolute Gasteiger partial charge is 0.394 e. The molecule has 1 aliphatic carbocycles. The molecule has 0 bridgehead atoms. The van der Waals surface area contributed by atoms with E-state index in [4.69, 9.17) is 5.11 Å². The van der Waals surface area contributed by atoms with Crippen LogP contribution in [0.15, 0.2) is 0 Å². The Morgan fingerprint density at radius 3 is 2.55 bits per heavy atom. The summed E-state index contributed by atoms with van der Waals surface area (Å²) in [7, 11) is 0. The molecule has 1 heterocycles. The molecule has 0 spiro atoms. The second kappa shape index (κ2) is 2.48. The molecule has 62 valence electrons. The van der Waals surface area contributed by atoms with Crippen molar-refractivity contribution in [3.63, 3.8) is 0 Å². The molecule has 0 aromatic carbocycles. The van der Waals surface area contributed by atoms with Gasteiger partial charge in [0.25, 0.3) is 0 Å². The maximum Gasteiger partial charge on any atom is 0.226 e. The first-order valence-electron chi connectivity index (χ1n) is 4.24. The predicted molar refractivity (Wildman–Crippen MR) is 39.9 cm³/mol. The minimum Gasteiger partial charge on any atom is -0.394 e. The van der Waals surface area contributed by atoms with Gasteiger partial charge in [-0.25, -0.2) is 0 Å². The van der Waals surface area contributed by atoms with E-state index in [0.717, 1.165) is 25.8 Å². The van der Waals surface area contributed by atoms with Crippen molar-refractivity contribution in [3.8, 4) is 0 Å². The third-order valence-corrected chi connectivity index (χ3v) is 2.56. The molecular formula is C8H13NO2. The second-order valence-electron chi connectivity index (χ2n) is 3.43. The van der Waals surface area contributed by atoms with Crippen molar-refractivity contribution in [3.05, 3.63) is 0 Å². The summed E-state index contributed by atoms with van der Waals surface area (Å²) in [5, 5.41) is 8.81. The SMILES string of the molecule is O=C(C1CC1)N1CCC1CO. The van der Waals surface area contributed by atoms with Crippen molar-refractivity contribution in [2.45, 2.75) is 25.3 Å². The average molecular weight is 155 g/mol. The summed E-state index contributed by atoms with van der Waals surface area (Å²) in [6.07, 6.45) is 3.11. The summed E-state index contributed by atoms with van der Waals surface area (Å²) >= 11 is 0. The van der Waals surface area contributed by atoms with Crippen LogP contribution in [-0.2, 0) is 4.79 Å². The Hall–Kier alpha value is -0.570. The van der Waals surface area contributed by atoms with E-state index in [2.05, 4.69) is 0 Å². The van der Waals surface area contributed by atoms with Crippen molar-refractivity contribution >= 4 is 5.91 Å². The molecule has 2 aliphatic rings. The molecule has 1 atom stereocenters. The van der Waals surface area contributed by atoms with Crippen LogP contribution in [0.4, 0.5) is 0 Å². The van der Waals surface area contributed by atoms with Gasteiger partial charge in [-0.3, -0.25) is 4.79 Å². The molecule has 1 unspecified atom stereocenters. The zero-order valence-electron chi connectivity index (χ0n) is 6.49. The van der Waals surface area contributed by atoms with Gasteiger partial charge in [0.15, 0.2) is 0 Å². The number of nitrogens with zero attached hydrogens (tertiary/aromatic N) is 1. The summed E-state index contributed by atoms with van der Waals surface area (Å²) in [5.74, 6) is 0.583. The fraction of sp³-hybridized carbons (Fsp3) is 0.875. The van der Waals surface area contributed by atoms with E-state index in [1.807, 2.05) is 4.90 Å². The summed E-state index contributed by atoms with van der Waals surface area (Å²) in [5.41, 5.74) is 0. The van der Waals surface area contributed by atoms with E-state index in [1.165, 1.54) is 0 Å². The summed E-state index contributed by atoms with van der Waals surface area (Å²) in [4.78, 5) is 13.2. The standard InChI is InChI=1S/C8H13NO2/c10-5-7-3-4-9(7)8(11)6-1-2-6/h6-7,10H,1-5H2. The molecule has 11 heavy (non-hydrogen) atoms. The maximum absolute atomic E-state index is 11.4. The summed E-state index contributed by atoms with van der Waals surface area (Å²) in [6.45, 7) is 0.999. The second-order valence-corrected chi connectivity index (χ2v) is 3.43. The van der Waals surface area contributed by atoms with Crippen LogP contribution >= 0.6 is 0 Å². The van der Waals surface area contributed by atoms with Gasteiger partial charge in [0.2, 0.25) is 5.91 Å². The number of hydrogen-bond acceptors (Lipinski definition) is 2. The predicted octanol–water partition coefficient (Wildman–Crippen LogP) is -0.0104. The van der Waals surface area contributed by atoms with Gasteiger partial charge < -0.3 is 10.0 Å². The minimum absolute atomic E-state index is 0.137. The lowest BCUT2D eigenvalue weighted by Gasteiger charge is -2.40. The molecule has 1 saturated carbocycles. The zero-order valence-corrected chi connectivity index (χ0v) is 6.49. The Balaban J connectivity index is 1.88. The molecule has 2 fully saturated rings. The van der Waals surface area contributed by atoms with E-state index in [0.29, 0.717) is 5.92 Å². The van der Waals surface area contributed by atoms with E-state index in [1.54, 1.807) is 0 Å². The monoisotopic (exact) mass is 155 g/mol. The minimum atomic E-state index is 0.137. The number of carbonyl (C=O) groups excluding carboxylic acids is 1. The van der Waals surface area contributed by atoms with Crippen molar-refractivity contribution in [1.82, 2.24) is 4.90 Å². The van der Waals surface area contributed by atoms with Crippen LogP contribution in [0.25, 0.3) is 0 Å². The quantitative estimate of drug-likeness (QED) is 0.609. The molecule has 3 nitrogen and oxygen atoms in total. The molecule has 1 saturated heterocycles. The highest BCUT2D eigenvalue weighted by molar-refractivity contribution is 5.82. The smallest absolute Gasteiger partial charge is 0.226 e. The molecule has 1 N–H and O–H groups in total. The van der Waals surface area contributed by atoms with Crippen LogP contribution in [0.1, 0.15) is 19.3 Å². The van der Waals surface area contributed by atoms with Crippen molar-refractivity contribution in [2.24, 2.45) is 5.92 Å². The lowest BCUT2D eigenvalue weighted by Crippen LogP contribution is -2.53. The third-order valence-electron chi connectivity index (χ3n) is 2.56. The highest BCUT2D eigenvalue weighted by Crippen LogP contribution is 2.33. The number of carbonyl (C=O) groups is 1. The van der Waals surface area contributed by atoms with Gasteiger partial charge in [0.1, 0.15) is 0 Å². The summed E-state index contributed by atoms with van der Waals surface area (Å²) in [6, 6.07) is 0.142. The molecule has 2 rings (SSSR count). The number of rotatable bonds is 2. The van der Waals surface area contributed by atoms with Gasteiger partial charge in [0.05, 0.1) is 12.6 Å². The molecule has 1 aliphatic heterocycles. The number of likely N-dealkylation sites (tertiary alicyclic amines) is 1. The first kappa shape index (κ1) is 7.10. The van der Waals surface area contributed by atoms with Crippen LogP contribution in [-0.4, -0.2) is 35.1 Å². The average Bonchev–Trinajstić information content (AvgIpc) is 2.66. The molecule has 0 aromatic heterocycles. The van der Waals surface area contributed by atoms with Crippen LogP contribution in [0.2, 0.25) is 0 Å². The highest BCUT2D eigenvalue weighted by atomic mass is 16.3. The van der Waals surface area contributed by atoms with Gasteiger partial charge in [0, 0.05) is 12.5 Å². The van der Waals surface area contributed by atoms with Gasteiger partial charge >= 0.3 is 0 Å². The Kier molecular flexibility index (Phi) is 1.60. The molecule has 1 amide bonds. The van der Waals surface area contributed by atoms with Crippen LogP contribution in [0.5, 0.6) is 0 Å². The number of hydrogen-bond donors (Lipinski definition) is 1. The first-order valence-corrected chi connectivity index (χ1v) is 4.24. The van der Waals surface area contributed by atoms with Crippen molar-refractivity contribution < 1.29 is 9.90 Å². The lowest BCUT2D eigenvalue weighted by atomic mass is 10.0. The van der Waals surface area contributed by atoms with E-state index < -0.39 is 0 Å². The normalized spacial score (nSPS) is 29.9. The third kappa shape index (κ3) is 1.13. The Labute approximate surface area is 66.0 Å². The Morgan fingerprint density at radius 1 is 1.45 bits per heavy atom. The first-order chi connectivity index (χ1) is 5.33. The molecular weight excluding hydrogens is 142 g/mol. The fourth-order valence-corrected chi connectivity index (χ4v) is 1.49. The van der Waals surface area contributed by atoms with Crippen LogP contribution in [0.3, 0.4) is 0 Å². The van der Waals surface area contributed by atoms with Gasteiger partial charge in [-0.2, -0.15) is 0 Å². The van der Waals surface area contributed by atoms with E-state index in [-0.39, 0.29) is 18.6 Å². The maximum atomic E-state index is 11.4. The lowest BCUT2D eigenvalue weighted by molar-refractivity contribution is -0.141. The fourth-order valence-electron chi connectivity index (χ4n) is 1.49. The van der Waals surface area contributed by atoms with Crippen molar-refractivity contribution in [2.75, 3.05) is 13.2 Å². The number of aliphatic hydroxyl groups is 1. The number of aliphatic hydroxyl groups excluding tert-OH is 1. The van der Waals surface area contributed by atoms with Crippen LogP contribution < -0.4 is 0 Å². The Morgan fingerprint density at radius 2 is 2.18 bits per heavy atom. The van der Waals surface area contributed by atoms with Crippen LogP contribution in [0, 0.1) is 5.92 Å². The van der Waals surface area contributed by atoms with Gasteiger partial charge in [-0.15, -0.1) is 0 Å². The number of amides is 1. The zero-order chi connectivity index (χ0) is 7.84. The van der Waals surface area contributed by atoms with Gasteiger partial charge in [-0.05, 0) is 19.3 Å². The highest BCUT2D eigenvalue weighted by Gasteiger charge is 2.39. The summed E-state index contributed by atoms with van der Waals surface area (Å²) < 4.78 is 0. The van der Waals surface area contributed by atoms with Crippen molar-refractivity contribution in [1.29, 1.82) is 0 Å². The van der Waals surface area contributed by atoms with E-state index in [9.17, 15) is 4.79 Å². The molecule has 3 heteroatoms. The van der Waals surface area contributed by atoms with Gasteiger partial charge in [-0.1, -0.05) is 0 Å². The molecule has 0 aromatic rings. The topological polar surface area (TPSA) is 40.5 Å². The Bertz CT molecular complexity index is 175.